The van der Waals surface area contributed by atoms with Gasteiger partial charge in [-0.1, -0.05) is 17.7 Å². The number of nitrogens with zero attached hydrogens (tertiary/aromatic N) is 1. The maximum atomic E-state index is 12.4. The molecular weight excluding hydrogens is 224 g/mol. The van der Waals surface area contributed by atoms with Crippen LogP contribution < -0.4 is 10.2 Å². The van der Waals surface area contributed by atoms with Gasteiger partial charge in [-0.3, -0.25) is 4.79 Å². The number of hydrogen-bond donors (Lipinski definition) is 1. The molecule has 1 aromatic rings. The van der Waals surface area contributed by atoms with Crippen molar-refractivity contribution in [3.63, 3.8) is 0 Å². The van der Waals surface area contributed by atoms with Gasteiger partial charge in [-0.2, -0.15) is 0 Å². The fourth-order valence-electron chi connectivity index (χ4n) is 2.46. The number of rotatable bonds is 2. The third-order valence-electron chi connectivity index (χ3n) is 3.67. The maximum Gasteiger partial charge on any atom is 0.243 e. The molecule has 1 aliphatic rings. The average molecular weight is 246 g/mol. The Bertz CT molecular complexity index is 413. The molecular formula is C15H22N2O. The molecule has 0 aromatic heterocycles. The van der Waals surface area contributed by atoms with E-state index in [1.54, 1.807) is 4.90 Å². The number of amides is 1. The molecule has 1 heterocycles. The SMILES string of the molecule is Cc1ccc(N(C)C(=O)[C@H]2CCC[C@H](C)N2)cc1. The van der Waals surface area contributed by atoms with Crippen LogP contribution in [0, 0.1) is 6.92 Å². The molecule has 1 aromatic carbocycles. The number of carbonyl (C=O) groups is 1. The lowest BCUT2D eigenvalue weighted by Gasteiger charge is -2.31. The van der Waals surface area contributed by atoms with Gasteiger partial charge in [0, 0.05) is 18.8 Å². The van der Waals surface area contributed by atoms with Gasteiger partial charge in [0.05, 0.1) is 6.04 Å². The number of anilines is 1. The summed E-state index contributed by atoms with van der Waals surface area (Å²) in [6.07, 6.45) is 3.24. The van der Waals surface area contributed by atoms with E-state index in [1.807, 2.05) is 31.3 Å². The first-order valence-corrected chi connectivity index (χ1v) is 6.68. The monoisotopic (exact) mass is 246 g/mol. The summed E-state index contributed by atoms with van der Waals surface area (Å²) in [6.45, 7) is 4.20. The van der Waals surface area contributed by atoms with Crippen LogP contribution in [0.1, 0.15) is 31.7 Å². The topological polar surface area (TPSA) is 32.3 Å². The Hall–Kier alpha value is -1.35. The molecule has 0 saturated carbocycles. The second kappa shape index (κ2) is 5.53. The zero-order valence-electron chi connectivity index (χ0n) is 11.4. The molecule has 1 amide bonds. The van der Waals surface area contributed by atoms with Crippen LogP contribution in [0.2, 0.25) is 0 Å². The smallest absolute Gasteiger partial charge is 0.243 e. The zero-order valence-corrected chi connectivity index (χ0v) is 11.4. The van der Waals surface area contributed by atoms with Crippen molar-refractivity contribution < 1.29 is 4.79 Å². The number of aryl methyl sites for hydroxylation is 1. The van der Waals surface area contributed by atoms with Crippen molar-refractivity contribution in [3.05, 3.63) is 29.8 Å². The Morgan fingerprint density at radius 2 is 1.94 bits per heavy atom. The van der Waals surface area contributed by atoms with Crippen molar-refractivity contribution in [2.24, 2.45) is 0 Å². The molecule has 1 aliphatic heterocycles. The minimum atomic E-state index is -0.0277. The summed E-state index contributed by atoms with van der Waals surface area (Å²) >= 11 is 0. The number of piperidine rings is 1. The molecule has 1 fully saturated rings. The van der Waals surface area contributed by atoms with E-state index in [1.165, 1.54) is 5.56 Å². The van der Waals surface area contributed by atoms with E-state index < -0.39 is 0 Å². The van der Waals surface area contributed by atoms with Gasteiger partial charge in [-0.15, -0.1) is 0 Å². The molecule has 3 nitrogen and oxygen atoms in total. The van der Waals surface area contributed by atoms with Crippen molar-refractivity contribution in [3.8, 4) is 0 Å². The van der Waals surface area contributed by atoms with E-state index in [-0.39, 0.29) is 11.9 Å². The first-order chi connectivity index (χ1) is 8.58. The first-order valence-electron chi connectivity index (χ1n) is 6.68. The van der Waals surface area contributed by atoms with E-state index >= 15 is 0 Å². The molecule has 0 spiro atoms. The maximum absolute atomic E-state index is 12.4. The summed E-state index contributed by atoms with van der Waals surface area (Å²) in [7, 11) is 1.86. The van der Waals surface area contributed by atoms with Crippen molar-refractivity contribution in [2.75, 3.05) is 11.9 Å². The molecule has 1 saturated heterocycles. The summed E-state index contributed by atoms with van der Waals surface area (Å²) in [5, 5.41) is 3.39. The number of benzene rings is 1. The van der Waals surface area contributed by atoms with Crippen LogP contribution in [0.25, 0.3) is 0 Å². The van der Waals surface area contributed by atoms with E-state index in [2.05, 4.69) is 19.2 Å². The highest BCUT2D eigenvalue weighted by Gasteiger charge is 2.26. The van der Waals surface area contributed by atoms with E-state index in [4.69, 9.17) is 0 Å². The summed E-state index contributed by atoms with van der Waals surface area (Å²) in [6, 6.07) is 8.49. The van der Waals surface area contributed by atoms with Crippen LogP contribution in [0.5, 0.6) is 0 Å². The highest BCUT2D eigenvalue weighted by Crippen LogP contribution is 2.18. The Morgan fingerprint density at radius 1 is 1.28 bits per heavy atom. The van der Waals surface area contributed by atoms with Crippen LogP contribution in [0.15, 0.2) is 24.3 Å². The molecule has 0 unspecified atom stereocenters. The third kappa shape index (κ3) is 2.91. The van der Waals surface area contributed by atoms with Gasteiger partial charge in [0.1, 0.15) is 0 Å². The van der Waals surface area contributed by atoms with Crippen LogP contribution >= 0.6 is 0 Å². The summed E-state index contributed by atoms with van der Waals surface area (Å²) in [5.41, 5.74) is 2.18. The van der Waals surface area contributed by atoms with Crippen LogP contribution in [-0.4, -0.2) is 25.0 Å². The normalized spacial score (nSPS) is 23.7. The number of hydrogen-bond acceptors (Lipinski definition) is 2. The molecule has 2 rings (SSSR count). The number of carbonyl (C=O) groups excluding carboxylic acids is 1. The van der Waals surface area contributed by atoms with Crippen molar-refractivity contribution in [1.82, 2.24) is 5.32 Å². The van der Waals surface area contributed by atoms with Crippen LogP contribution in [-0.2, 0) is 4.79 Å². The number of likely N-dealkylation sites (N-methyl/N-ethyl adjacent to an activating group) is 1. The lowest BCUT2D eigenvalue weighted by molar-refractivity contribution is -0.121. The fourth-order valence-corrected chi connectivity index (χ4v) is 2.46. The lowest BCUT2D eigenvalue weighted by Crippen LogP contribution is -2.50. The molecule has 0 bridgehead atoms. The Balaban J connectivity index is 2.06. The van der Waals surface area contributed by atoms with Crippen LogP contribution in [0.4, 0.5) is 5.69 Å². The van der Waals surface area contributed by atoms with Gasteiger partial charge < -0.3 is 10.2 Å². The van der Waals surface area contributed by atoms with Gasteiger partial charge >= 0.3 is 0 Å². The molecule has 3 heteroatoms. The van der Waals surface area contributed by atoms with Crippen LogP contribution in [0.3, 0.4) is 0 Å². The quantitative estimate of drug-likeness (QED) is 0.869. The highest BCUT2D eigenvalue weighted by atomic mass is 16.2. The predicted molar refractivity (Wildman–Crippen MR) is 74.8 cm³/mol. The van der Waals surface area contributed by atoms with Crippen molar-refractivity contribution >= 4 is 11.6 Å². The highest BCUT2D eigenvalue weighted by molar-refractivity contribution is 5.96. The van der Waals surface area contributed by atoms with Gasteiger partial charge in [0.15, 0.2) is 0 Å². The molecule has 18 heavy (non-hydrogen) atoms. The largest absolute Gasteiger partial charge is 0.314 e. The van der Waals surface area contributed by atoms with Gasteiger partial charge in [-0.25, -0.2) is 0 Å². The molecule has 0 aliphatic carbocycles. The van der Waals surface area contributed by atoms with E-state index in [0.717, 1.165) is 24.9 Å². The number of nitrogens with one attached hydrogen (secondary N) is 1. The Labute approximate surface area is 109 Å². The van der Waals surface area contributed by atoms with Crippen molar-refractivity contribution in [2.45, 2.75) is 45.2 Å². The lowest BCUT2D eigenvalue weighted by atomic mass is 9.98. The zero-order chi connectivity index (χ0) is 13.1. The minimum absolute atomic E-state index is 0.0277. The average Bonchev–Trinajstić information content (AvgIpc) is 2.38. The Kier molecular flexibility index (Phi) is 4.02. The van der Waals surface area contributed by atoms with E-state index in [0.29, 0.717) is 6.04 Å². The second-order valence-corrected chi connectivity index (χ2v) is 5.28. The van der Waals surface area contributed by atoms with Gasteiger partial charge in [0.25, 0.3) is 0 Å². The Morgan fingerprint density at radius 3 is 2.56 bits per heavy atom. The fraction of sp³-hybridized carbons (Fsp3) is 0.533. The summed E-state index contributed by atoms with van der Waals surface area (Å²) < 4.78 is 0. The van der Waals surface area contributed by atoms with E-state index in [9.17, 15) is 4.79 Å². The molecule has 1 N–H and O–H groups in total. The standard InChI is InChI=1S/C15H22N2O/c1-11-7-9-13(10-8-11)17(3)15(18)14-6-4-5-12(2)16-14/h7-10,12,14,16H,4-6H2,1-3H3/t12-,14+/m0/s1. The predicted octanol–water partition coefficient (Wildman–Crippen LogP) is 2.49. The second-order valence-electron chi connectivity index (χ2n) is 5.28. The molecule has 98 valence electrons. The molecule has 0 radical (unpaired) electrons. The summed E-state index contributed by atoms with van der Waals surface area (Å²) in [5.74, 6) is 0.172. The summed E-state index contributed by atoms with van der Waals surface area (Å²) in [4.78, 5) is 14.2. The third-order valence-corrected chi connectivity index (χ3v) is 3.67. The van der Waals surface area contributed by atoms with Gasteiger partial charge in [0.2, 0.25) is 5.91 Å². The van der Waals surface area contributed by atoms with Crippen molar-refractivity contribution in [1.29, 1.82) is 0 Å². The first kappa shape index (κ1) is 13.1. The molecule has 2 atom stereocenters. The minimum Gasteiger partial charge on any atom is -0.314 e. The van der Waals surface area contributed by atoms with Gasteiger partial charge in [-0.05, 0) is 45.2 Å².